The van der Waals surface area contributed by atoms with Crippen LogP contribution in [0.4, 0.5) is 5.82 Å². The summed E-state index contributed by atoms with van der Waals surface area (Å²) in [6, 6.07) is 0.375. The highest BCUT2D eigenvalue weighted by Crippen LogP contribution is 2.28. The van der Waals surface area contributed by atoms with Gasteiger partial charge in [0.15, 0.2) is 5.82 Å². The molecule has 1 aliphatic carbocycles. The Morgan fingerprint density at radius 3 is 3.06 bits per heavy atom. The SMILES string of the molecule is CSC1CCCCC1Nc1ncc[nH]c1=O. The first-order valence-electron chi connectivity index (χ1n) is 5.64. The zero-order valence-corrected chi connectivity index (χ0v) is 10.2. The molecule has 1 saturated carbocycles. The summed E-state index contributed by atoms with van der Waals surface area (Å²) < 4.78 is 0. The molecule has 4 nitrogen and oxygen atoms in total. The number of nitrogens with one attached hydrogen (secondary N) is 2. The standard InChI is InChI=1S/C11H17N3OS/c1-16-9-5-3-2-4-8(9)14-10-11(15)13-7-6-12-10/h6-9H,2-5H2,1H3,(H,12,14)(H,13,15). The van der Waals surface area contributed by atoms with Crippen LogP contribution in [0.25, 0.3) is 0 Å². The van der Waals surface area contributed by atoms with Gasteiger partial charge >= 0.3 is 0 Å². The summed E-state index contributed by atoms with van der Waals surface area (Å²) in [5.74, 6) is 0.452. The quantitative estimate of drug-likeness (QED) is 0.845. The maximum Gasteiger partial charge on any atom is 0.290 e. The van der Waals surface area contributed by atoms with Gasteiger partial charge in [-0.1, -0.05) is 12.8 Å². The van der Waals surface area contributed by atoms with Crippen molar-refractivity contribution in [1.29, 1.82) is 0 Å². The van der Waals surface area contributed by atoms with Gasteiger partial charge < -0.3 is 10.3 Å². The van der Waals surface area contributed by atoms with Gasteiger partial charge in [-0.15, -0.1) is 0 Å². The lowest BCUT2D eigenvalue weighted by atomic mass is 9.95. The molecule has 0 aromatic carbocycles. The number of aromatic amines is 1. The molecule has 0 saturated heterocycles. The first-order chi connectivity index (χ1) is 7.81. The van der Waals surface area contributed by atoms with Crippen LogP contribution < -0.4 is 10.9 Å². The van der Waals surface area contributed by atoms with Gasteiger partial charge in [-0.25, -0.2) is 4.98 Å². The molecule has 0 aliphatic heterocycles. The molecule has 16 heavy (non-hydrogen) atoms. The first-order valence-corrected chi connectivity index (χ1v) is 6.93. The van der Waals surface area contributed by atoms with Gasteiger partial charge in [0.25, 0.3) is 5.56 Å². The number of thioether (sulfide) groups is 1. The fraction of sp³-hybridized carbons (Fsp3) is 0.636. The Bertz CT molecular complexity index is 393. The molecule has 1 aliphatic rings. The number of aromatic nitrogens is 2. The average molecular weight is 239 g/mol. The summed E-state index contributed by atoms with van der Waals surface area (Å²) in [6.45, 7) is 0. The number of hydrogen-bond donors (Lipinski definition) is 2. The minimum absolute atomic E-state index is 0.132. The lowest BCUT2D eigenvalue weighted by Crippen LogP contribution is -2.36. The lowest BCUT2D eigenvalue weighted by Gasteiger charge is -2.30. The summed E-state index contributed by atoms with van der Waals surface area (Å²) in [7, 11) is 0. The second-order valence-corrected chi connectivity index (χ2v) is 5.15. The molecule has 0 amide bonds. The number of hydrogen-bond acceptors (Lipinski definition) is 4. The molecular weight excluding hydrogens is 222 g/mol. The minimum Gasteiger partial charge on any atom is -0.362 e. The normalized spacial score (nSPS) is 25.3. The van der Waals surface area contributed by atoms with E-state index in [4.69, 9.17) is 0 Å². The summed E-state index contributed by atoms with van der Waals surface area (Å²) in [6.07, 6.45) is 10.2. The van der Waals surface area contributed by atoms with Crippen LogP contribution in [0, 0.1) is 0 Å². The van der Waals surface area contributed by atoms with Gasteiger partial charge in [-0.3, -0.25) is 4.79 Å². The van der Waals surface area contributed by atoms with E-state index in [0.29, 0.717) is 17.1 Å². The average Bonchev–Trinajstić information content (AvgIpc) is 2.33. The van der Waals surface area contributed by atoms with E-state index >= 15 is 0 Å². The second-order valence-electron chi connectivity index (χ2n) is 4.08. The van der Waals surface area contributed by atoms with E-state index in [1.54, 1.807) is 12.4 Å². The molecular formula is C11H17N3OS. The molecule has 2 rings (SSSR count). The molecule has 2 N–H and O–H groups in total. The third kappa shape index (κ3) is 2.58. The zero-order chi connectivity index (χ0) is 11.4. The smallest absolute Gasteiger partial charge is 0.290 e. The Morgan fingerprint density at radius 1 is 1.50 bits per heavy atom. The Labute approximate surface area is 99.3 Å². The topological polar surface area (TPSA) is 57.8 Å². The highest BCUT2D eigenvalue weighted by atomic mass is 32.2. The fourth-order valence-electron chi connectivity index (χ4n) is 2.17. The van der Waals surface area contributed by atoms with E-state index in [2.05, 4.69) is 21.5 Å². The van der Waals surface area contributed by atoms with Gasteiger partial charge in [0, 0.05) is 23.7 Å². The molecule has 2 unspecified atom stereocenters. The Hall–Kier alpha value is -0.970. The van der Waals surface area contributed by atoms with Crippen molar-refractivity contribution in [1.82, 2.24) is 9.97 Å². The van der Waals surface area contributed by atoms with Crippen LogP contribution in [0.2, 0.25) is 0 Å². The van der Waals surface area contributed by atoms with Crippen LogP contribution in [-0.2, 0) is 0 Å². The Kier molecular flexibility index (Phi) is 3.88. The van der Waals surface area contributed by atoms with Crippen molar-refractivity contribution in [3.63, 3.8) is 0 Å². The fourth-order valence-corrected chi connectivity index (χ4v) is 3.11. The number of rotatable bonds is 3. The lowest BCUT2D eigenvalue weighted by molar-refractivity contribution is 0.474. The van der Waals surface area contributed by atoms with Crippen molar-refractivity contribution in [3.05, 3.63) is 22.7 Å². The van der Waals surface area contributed by atoms with Crippen molar-refractivity contribution in [2.24, 2.45) is 0 Å². The van der Waals surface area contributed by atoms with Crippen molar-refractivity contribution in [2.45, 2.75) is 37.0 Å². The molecule has 1 aromatic heterocycles. The van der Waals surface area contributed by atoms with E-state index in [-0.39, 0.29) is 5.56 Å². The van der Waals surface area contributed by atoms with Crippen molar-refractivity contribution in [3.8, 4) is 0 Å². The number of H-pyrrole nitrogens is 1. The summed E-state index contributed by atoms with van der Waals surface area (Å²) >= 11 is 1.88. The zero-order valence-electron chi connectivity index (χ0n) is 9.40. The maximum absolute atomic E-state index is 11.5. The Balaban J connectivity index is 2.08. The van der Waals surface area contributed by atoms with Gasteiger partial charge in [-0.05, 0) is 19.1 Å². The first kappa shape index (κ1) is 11.5. The minimum atomic E-state index is -0.132. The van der Waals surface area contributed by atoms with Crippen molar-refractivity contribution < 1.29 is 0 Å². The third-order valence-electron chi connectivity index (χ3n) is 3.04. The van der Waals surface area contributed by atoms with E-state index in [9.17, 15) is 4.79 Å². The monoisotopic (exact) mass is 239 g/mol. The molecule has 2 atom stereocenters. The molecule has 88 valence electrons. The van der Waals surface area contributed by atoms with Crippen LogP contribution in [-0.4, -0.2) is 27.5 Å². The molecule has 1 heterocycles. The highest BCUT2D eigenvalue weighted by Gasteiger charge is 2.24. The van der Waals surface area contributed by atoms with E-state index < -0.39 is 0 Å². The van der Waals surface area contributed by atoms with Crippen LogP contribution in [0.1, 0.15) is 25.7 Å². The van der Waals surface area contributed by atoms with E-state index in [1.807, 2.05) is 11.8 Å². The predicted octanol–water partition coefficient (Wildman–Crippen LogP) is 1.86. The third-order valence-corrected chi connectivity index (χ3v) is 4.20. The maximum atomic E-state index is 11.5. The summed E-state index contributed by atoms with van der Waals surface area (Å²) in [5.41, 5.74) is -0.132. The molecule has 1 fully saturated rings. The Morgan fingerprint density at radius 2 is 2.31 bits per heavy atom. The van der Waals surface area contributed by atoms with Gasteiger partial charge in [0.2, 0.25) is 0 Å². The van der Waals surface area contributed by atoms with Crippen LogP contribution in [0.3, 0.4) is 0 Å². The highest BCUT2D eigenvalue weighted by molar-refractivity contribution is 7.99. The van der Waals surface area contributed by atoms with Gasteiger partial charge in [0.1, 0.15) is 0 Å². The number of nitrogens with zero attached hydrogens (tertiary/aromatic N) is 1. The molecule has 5 heteroatoms. The van der Waals surface area contributed by atoms with E-state index in [1.165, 1.54) is 19.3 Å². The van der Waals surface area contributed by atoms with Crippen LogP contribution in [0.15, 0.2) is 17.2 Å². The predicted molar refractivity (Wildman–Crippen MR) is 68.0 cm³/mol. The van der Waals surface area contributed by atoms with Gasteiger partial charge in [-0.2, -0.15) is 11.8 Å². The summed E-state index contributed by atoms with van der Waals surface area (Å²) in [5, 5.41) is 3.87. The summed E-state index contributed by atoms with van der Waals surface area (Å²) in [4.78, 5) is 18.2. The molecule has 0 radical (unpaired) electrons. The molecule has 1 aromatic rings. The second kappa shape index (κ2) is 5.39. The molecule has 0 bridgehead atoms. The largest absolute Gasteiger partial charge is 0.362 e. The van der Waals surface area contributed by atoms with Crippen molar-refractivity contribution in [2.75, 3.05) is 11.6 Å². The van der Waals surface area contributed by atoms with Gasteiger partial charge in [0.05, 0.1) is 0 Å². The van der Waals surface area contributed by atoms with Crippen molar-refractivity contribution >= 4 is 17.6 Å². The molecule has 0 spiro atoms. The van der Waals surface area contributed by atoms with E-state index in [0.717, 1.165) is 6.42 Å². The van der Waals surface area contributed by atoms with Crippen LogP contribution >= 0.6 is 11.8 Å². The number of anilines is 1. The van der Waals surface area contributed by atoms with Crippen LogP contribution in [0.5, 0.6) is 0 Å².